The van der Waals surface area contributed by atoms with Crippen molar-refractivity contribution in [1.29, 1.82) is 0 Å². The highest BCUT2D eigenvalue weighted by Gasteiger charge is 2.19. The predicted molar refractivity (Wildman–Crippen MR) is 78.2 cm³/mol. The van der Waals surface area contributed by atoms with Gasteiger partial charge in [-0.25, -0.2) is 37.3 Å². The van der Waals surface area contributed by atoms with Gasteiger partial charge in [-0.15, -0.1) is 20.5 Å². The van der Waals surface area contributed by atoms with Gasteiger partial charge in [0.15, 0.2) is 6.20 Å². The number of nitrogens with zero attached hydrogens (tertiary/aromatic N) is 2. The van der Waals surface area contributed by atoms with Crippen LogP contribution in [0.4, 0.5) is 0 Å². The van der Waals surface area contributed by atoms with Crippen molar-refractivity contribution >= 4 is 22.2 Å². The van der Waals surface area contributed by atoms with Gasteiger partial charge in [-0.3, -0.25) is 0 Å². The number of benzene rings is 1. The van der Waals surface area contributed by atoms with Gasteiger partial charge in [-0.2, -0.15) is 9.13 Å². The summed E-state index contributed by atoms with van der Waals surface area (Å²) in [5, 5.41) is 4.92. The summed E-state index contributed by atoms with van der Waals surface area (Å²) in [6, 6.07) is 10.8. The van der Waals surface area contributed by atoms with Crippen LogP contribution in [0.15, 0.2) is 41.9 Å². The molecule has 0 unspecified atom stereocenters. The Bertz CT molecular complexity index is 917. The molecule has 0 aliphatic heterocycles. The lowest BCUT2D eigenvalue weighted by Gasteiger charge is -2.17. The van der Waals surface area contributed by atoms with Crippen LogP contribution in [0, 0.1) is 34.3 Å². The third-order valence-corrected chi connectivity index (χ3v) is 4.75. The van der Waals surface area contributed by atoms with Crippen molar-refractivity contribution in [3.63, 3.8) is 0 Å². The van der Waals surface area contributed by atoms with Crippen LogP contribution < -0.4 is 46.4 Å². The summed E-state index contributed by atoms with van der Waals surface area (Å²) in [6.45, 7) is 5.25. The maximum atomic E-state index is 8.49. The van der Waals surface area contributed by atoms with E-state index in [9.17, 15) is 0 Å². The molecule has 1 aromatic carbocycles. The van der Waals surface area contributed by atoms with Gasteiger partial charge in [-0.1, -0.05) is 23.5 Å². The fourth-order valence-electron chi connectivity index (χ4n) is 2.40. The summed E-state index contributed by atoms with van der Waals surface area (Å²) in [5.74, 6) is 0. The fraction of sp³-hybridized carbons (Fsp3) is 0.250. The Labute approximate surface area is 174 Å². The molecule has 2 heterocycles. The highest BCUT2D eigenvalue weighted by molar-refractivity contribution is 7.09. The first kappa shape index (κ1) is 25.6. The number of para-hydroxylation sites is 1. The highest BCUT2D eigenvalue weighted by atomic mass is 35.7. The zero-order valence-corrected chi connectivity index (χ0v) is 17.9. The Hall–Kier alpha value is -1.48. The SMILES string of the molecule is Cc1cc[n+](Cc2csc(C)[n+]2C)c2ccccc12.[O-][Cl+3]([O-])([O-])[O-].[O-][Cl+3]([O-])([O-])[O-]. The van der Waals surface area contributed by atoms with Crippen molar-refractivity contribution < 1.29 is 66.9 Å². The normalized spacial score (nSPS) is 11.4. The third-order valence-electron chi connectivity index (χ3n) is 3.74. The van der Waals surface area contributed by atoms with Gasteiger partial charge < -0.3 is 0 Å². The number of hydrogen-bond acceptors (Lipinski definition) is 9. The van der Waals surface area contributed by atoms with E-state index in [-0.39, 0.29) is 0 Å². The number of halogens is 2. The Morgan fingerprint density at radius 3 is 1.86 bits per heavy atom. The summed E-state index contributed by atoms with van der Waals surface area (Å²) < 4.78 is 72.5. The van der Waals surface area contributed by atoms with Gasteiger partial charge in [-0.05, 0) is 18.6 Å². The molecule has 0 bridgehead atoms. The van der Waals surface area contributed by atoms with Gasteiger partial charge in [0.1, 0.15) is 7.05 Å². The van der Waals surface area contributed by atoms with E-state index < -0.39 is 20.5 Å². The Morgan fingerprint density at radius 1 is 0.862 bits per heavy atom. The smallest absolute Gasteiger partial charge is 0.222 e. The molecular weight excluding hydrogens is 451 g/mol. The van der Waals surface area contributed by atoms with Crippen molar-refractivity contribution in [3.8, 4) is 0 Å². The van der Waals surface area contributed by atoms with Gasteiger partial charge in [0, 0.05) is 24.4 Å². The van der Waals surface area contributed by atoms with Crippen molar-refractivity contribution in [2.24, 2.45) is 7.05 Å². The summed E-state index contributed by atoms with van der Waals surface area (Å²) in [7, 11) is -7.75. The molecule has 29 heavy (non-hydrogen) atoms. The minimum atomic E-state index is -4.94. The van der Waals surface area contributed by atoms with Gasteiger partial charge in [0.25, 0.3) is 5.69 Å². The highest BCUT2D eigenvalue weighted by Crippen LogP contribution is 2.14. The largest absolute Gasteiger partial charge is 0.258 e. The molecule has 0 amide bonds. The van der Waals surface area contributed by atoms with Gasteiger partial charge in [0.2, 0.25) is 17.1 Å². The molecule has 0 aliphatic rings. The van der Waals surface area contributed by atoms with E-state index in [1.807, 2.05) is 11.3 Å². The summed E-state index contributed by atoms with van der Waals surface area (Å²) in [6.07, 6.45) is 2.19. The second-order valence-electron chi connectivity index (χ2n) is 5.70. The van der Waals surface area contributed by atoms with Gasteiger partial charge in [0.05, 0.1) is 5.38 Å². The van der Waals surface area contributed by atoms with Crippen LogP contribution >= 0.6 is 11.3 Å². The zero-order valence-electron chi connectivity index (χ0n) is 15.6. The van der Waals surface area contributed by atoms with Crippen molar-refractivity contribution in [2.45, 2.75) is 20.4 Å². The number of thiazole rings is 1. The van der Waals surface area contributed by atoms with Crippen molar-refractivity contribution in [3.05, 3.63) is 58.2 Å². The quantitative estimate of drug-likeness (QED) is 0.331. The van der Waals surface area contributed by atoms with Gasteiger partial charge >= 0.3 is 0 Å². The minimum Gasteiger partial charge on any atom is -0.222 e. The van der Waals surface area contributed by atoms with Crippen LogP contribution in [-0.2, 0) is 13.6 Å². The molecule has 0 fully saturated rings. The average Bonchev–Trinajstić information content (AvgIpc) is 2.87. The molecule has 10 nitrogen and oxygen atoms in total. The molecule has 0 atom stereocenters. The Kier molecular flexibility index (Phi) is 9.27. The molecule has 0 radical (unpaired) electrons. The lowest BCUT2D eigenvalue weighted by Crippen LogP contribution is -2.68. The topological polar surface area (TPSA) is 192 Å². The lowest BCUT2D eigenvalue weighted by molar-refractivity contribution is -2.00. The minimum absolute atomic E-state index is 0.918. The van der Waals surface area contributed by atoms with E-state index in [1.165, 1.54) is 27.2 Å². The number of fused-ring (bicyclic) bond motifs is 1. The predicted octanol–water partition coefficient (Wildman–Crippen LogP) is -6.83. The number of aryl methyl sites for hydroxylation is 2. The molecule has 0 aliphatic carbocycles. The Balaban J connectivity index is 0.000000353. The van der Waals surface area contributed by atoms with Crippen LogP contribution in [-0.4, -0.2) is 0 Å². The molecule has 2 aromatic heterocycles. The van der Waals surface area contributed by atoms with Crippen LogP contribution in [0.25, 0.3) is 10.9 Å². The Morgan fingerprint density at radius 2 is 1.38 bits per heavy atom. The molecule has 0 saturated heterocycles. The third kappa shape index (κ3) is 10.2. The molecular formula is C16H18Cl2N2O8S. The molecule has 0 saturated carbocycles. The molecule has 3 aromatic rings. The standard InChI is InChI=1S/C16H18N2S.2ClHO4/c1-12-8-9-18(16-7-5-4-6-15(12)16)10-14-11-19-13(2)17(14)3;2*2-1(3,4)5/h4-9,11H,10H2,1-3H3;2*(H,2,3,4,5)/q+2;;/p-2. The first-order valence-corrected chi connectivity index (χ1v) is 11.1. The molecule has 3 rings (SSSR count). The molecule has 13 heteroatoms. The van der Waals surface area contributed by atoms with Crippen LogP contribution in [0.3, 0.4) is 0 Å². The molecule has 160 valence electrons. The first-order valence-electron chi connectivity index (χ1n) is 7.71. The number of hydrogen-bond donors (Lipinski definition) is 0. The average molecular weight is 469 g/mol. The summed E-state index contributed by atoms with van der Waals surface area (Å²) in [5.41, 5.74) is 3.98. The molecule has 0 spiro atoms. The van der Waals surface area contributed by atoms with E-state index in [4.69, 9.17) is 37.3 Å². The van der Waals surface area contributed by atoms with Crippen molar-refractivity contribution in [2.75, 3.05) is 0 Å². The molecule has 0 N–H and O–H groups in total. The van der Waals surface area contributed by atoms with E-state index in [1.54, 1.807) is 0 Å². The fourth-order valence-corrected chi connectivity index (χ4v) is 3.21. The maximum absolute atomic E-state index is 8.49. The first-order chi connectivity index (χ1) is 13.2. The number of pyridine rings is 1. The van der Waals surface area contributed by atoms with Crippen LogP contribution in [0.1, 0.15) is 16.3 Å². The van der Waals surface area contributed by atoms with E-state index in [0.29, 0.717) is 0 Å². The number of aromatic nitrogens is 2. The summed E-state index contributed by atoms with van der Waals surface area (Å²) in [4.78, 5) is 0. The number of rotatable bonds is 2. The van der Waals surface area contributed by atoms with Crippen molar-refractivity contribution in [1.82, 2.24) is 0 Å². The van der Waals surface area contributed by atoms with E-state index in [2.05, 4.69) is 71.9 Å². The second kappa shape index (κ2) is 10.5. The maximum Gasteiger partial charge on any atom is 0.258 e. The monoisotopic (exact) mass is 468 g/mol. The van der Waals surface area contributed by atoms with E-state index in [0.717, 1.165) is 6.54 Å². The van der Waals surface area contributed by atoms with Crippen LogP contribution in [0.2, 0.25) is 0 Å². The van der Waals surface area contributed by atoms with E-state index >= 15 is 0 Å². The second-order valence-corrected chi connectivity index (χ2v) is 8.28. The summed E-state index contributed by atoms with van der Waals surface area (Å²) >= 11 is 1.81. The lowest BCUT2D eigenvalue weighted by atomic mass is 10.1. The van der Waals surface area contributed by atoms with Crippen LogP contribution in [0.5, 0.6) is 0 Å². The zero-order chi connectivity index (χ0) is 22.4.